The molecule has 2 unspecified atom stereocenters. The number of rotatable bonds is 5. The second-order valence-corrected chi connectivity index (χ2v) is 12.5. The van der Waals surface area contributed by atoms with Gasteiger partial charge in [-0.25, -0.2) is 15.0 Å². The van der Waals surface area contributed by atoms with Gasteiger partial charge in [-0.3, -0.25) is 0 Å². The average molecular weight is 580 g/mol. The van der Waals surface area contributed by atoms with Crippen molar-refractivity contribution in [1.82, 2.24) is 15.0 Å². The Morgan fingerprint density at radius 3 is 1.51 bits per heavy atom. The van der Waals surface area contributed by atoms with Gasteiger partial charge in [0.15, 0.2) is 17.5 Å². The molecule has 0 N–H and O–H groups in total. The summed E-state index contributed by atoms with van der Waals surface area (Å²) in [5.41, 5.74) is 10.6. The lowest BCUT2D eigenvalue weighted by atomic mass is 9.74. The molecule has 0 amide bonds. The van der Waals surface area contributed by atoms with Gasteiger partial charge in [-0.05, 0) is 56.8 Å². The summed E-state index contributed by atoms with van der Waals surface area (Å²) in [6, 6.07) is 44.7. The van der Waals surface area contributed by atoms with E-state index in [1.807, 2.05) is 60.7 Å². The molecule has 6 aromatic rings. The van der Waals surface area contributed by atoms with E-state index in [0.29, 0.717) is 29.3 Å². The molecule has 5 aromatic carbocycles. The molecule has 3 nitrogen and oxygen atoms in total. The Bertz CT molecular complexity index is 2030. The minimum atomic E-state index is 0.0883. The summed E-state index contributed by atoms with van der Waals surface area (Å²) >= 11 is 0. The van der Waals surface area contributed by atoms with Gasteiger partial charge >= 0.3 is 0 Å². The van der Waals surface area contributed by atoms with Crippen molar-refractivity contribution in [1.29, 1.82) is 0 Å². The Morgan fingerprint density at radius 1 is 0.444 bits per heavy atom. The number of hydrogen-bond acceptors (Lipinski definition) is 3. The summed E-state index contributed by atoms with van der Waals surface area (Å²) in [6.07, 6.45) is 9.15. The smallest absolute Gasteiger partial charge is 0.164 e. The number of allylic oxidation sites excluding steroid dienone is 4. The normalized spacial score (nSPS) is 17.6. The Morgan fingerprint density at radius 2 is 0.911 bits per heavy atom. The van der Waals surface area contributed by atoms with Crippen LogP contribution < -0.4 is 0 Å². The molecule has 2 aliphatic carbocycles. The molecule has 0 radical (unpaired) electrons. The van der Waals surface area contributed by atoms with Crippen molar-refractivity contribution in [3.63, 3.8) is 0 Å². The van der Waals surface area contributed by atoms with Crippen LogP contribution in [0, 0.1) is 5.92 Å². The third-order valence-corrected chi connectivity index (χ3v) is 9.42. The summed E-state index contributed by atoms with van der Waals surface area (Å²) in [5.74, 6) is 2.95. The van der Waals surface area contributed by atoms with Gasteiger partial charge in [0.2, 0.25) is 0 Å². The maximum atomic E-state index is 4.94. The molecule has 2 atom stereocenters. The largest absolute Gasteiger partial charge is 0.208 e. The van der Waals surface area contributed by atoms with Gasteiger partial charge in [-0.15, -0.1) is 0 Å². The summed E-state index contributed by atoms with van der Waals surface area (Å²) in [7, 11) is 0. The van der Waals surface area contributed by atoms with E-state index >= 15 is 0 Å². The van der Waals surface area contributed by atoms with Crippen LogP contribution in [-0.2, 0) is 5.41 Å². The predicted octanol–water partition coefficient (Wildman–Crippen LogP) is 10.3. The van der Waals surface area contributed by atoms with E-state index < -0.39 is 0 Å². The van der Waals surface area contributed by atoms with Gasteiger partial charge in [0.05, 0.1) is 0 Å². The van der Waals surface area contributed by atoms with Crippen molar-refractivity contribution in [2.45, 2.75) is 25.2 Å². The second kappa shape index (κ2) is 10.9. The molecule has 1 heterocycles. The fourth-order valence-corrected chi connectivity index (χ4v) is 7.01. The first-order valence-corrected chi connectivity index (χ1v) is 15.6. The van der Waals surface area contributed by atoms with Crippen molar-refractivity contribution in [3.05, 3.63) is 163 Å². The molecule has 3 heteroatoms. The highest BCUT2D eigenvalue weighted by Gasteiger charge is 2.44. The SMILES string of the molecule is CC1(C)c2cc(-c3cccc(-c4cccc(-c5nc(-c6ccccc6)nc(-c6ccccc6)n5)c4)c3)ccc2C2C=CC=CC21. The first-order chi connectivity index (χ1) is 22.0. The highest BCUT2D eigenvalue weighted by molar-refractivity contribution is 5.77. The van der Waals surface area contributed by atoms with Gasteiger partial charge < -0.3 is 0 Å². The Kier molecular flexibility index (Phi) is 6.60. The Hall–Kier alpha value is -5.41. The molecule has 0 saturated heterocycles. The zero-order valence-corrected chi connectivity index (χ0v) is 25.4. The van der Waals surface area contributed by atoms with E-state index in [1.54, 1.807) is 0 Å². The molecule has 216 valence electrons. The van der Waals surface area contributed by atoms with Crippen LogP contribution >= 0.6 is 0 Å². The Labute approximate surface area is 264 Å². The van der Waals surface area contributed by atoms with Crippen LogP contribution in [-0.4, -0.2) is 15.0 Å². The van der Waals surface area contributed by atoms with Gasteiger partial charge in [0.25, 0.3) is 0 Å². The molecule has 0 fully saturated rings. The van der Waals surface area contributed by atoms with Crippen molar-refractivity contribution in [2.24, 2.45) is 5.92 Å². The number of hydrogen-bond donors (Lipinski definition) is 0. The molecule has 0 spiro atoms. The molecule has 0 aliphatic heterocycles. The average Bonchev–Trinajstić information content (AvgIpc) is 3.34. The summed E-state index contributed by atoms with van der Waals surface area (Å²) < 4.78 is 0. The standard InChI is InChI=1S/C42H33N3/c1-42(2)37-22-10-9-21-35(37)36-24-23-33(27-38(36)42)31-18-11-17-30(25-31)32-19-12-20-34(26-32)41-44-39(28-13-5-3-6-14-28)43-40(45-41)29-15-7-4-8-16-29/h3-27,35,37H,1-2H3. The van der Waals surface area contributed by atoms with Gasteiger partial charge in [0.1, 0.15) is 0 Å². The molecular weight excluding hydrogens is 546 g/mol. The third-order valence-electron chi connectivity index (χ3n) is 9.42. The van der Waals surface area contributed by atoms with E-state index in [9.17, 15) is 0 Å². The summed E-state index contributed by atoms with van der Waals surface area (Å²) in [4.78, 5) is 14.7. The van der Waals surface area contributed by atoms with Gasteiger partial charge in [-0.2, -0.15) is 0 Å². The van der Waals surface area contributed by atoms with E-state index in [0.717, 1.165) is 27.8 Å². The first kappa shape index (κ1) is 27.2. The highest BCUT2D eigenvalue weighted by atomic mass is 15.0. The van der Waals surface area contributed by atoms with E-state index in [-0.39, 0.29) is 5.41 Å². The molecule has 2 aliphatic rings. The van der Waals surface area contributed by atoms with Crippen molar-refractivity contribution < 1.29 is 0 Å². The molecule has 8 rings (SSSR count). The molecule has 0 saturated carbocycles. The lowest BCUT2D eigenvalue weighted by Crippen LogP contribution is -2.24. The minimum Gasteiger partial charge on any atom is -0.208 e. The fraction of sp³-hybridized carbons (Fsp3) is 0.119. The lowest BCUT2D eigenvalue weighted by molar-refractivity contribution is 0.394. The molecule has 0 bridgehead atoms. The number of fused-ring (bicyclic) bond motifs is 3. The van der Waals surface area contributed by atoms with Crippen LogP contribution in [0.2, 0.25) is 0 Å². The van der Waals surface area contributed by atoms with E-state index in [4.69, 9.17) is 15.0 Å². The van der Waals surface area contributed by atoms with Crippen LogP contribution in [0.4, 0.5) is 0 Å². The zero-order valence-electron chi connectivity index (χ0n) is 25.4. The van der Waals surface area contributed by atoms with Crippen LogP contribution in [0.3, 0.4) is 0 Å². The fourth-order valence-electron chi connectivity index (χ4n) is 7.01. The zero-order chi connectivity index (χ0) is 30.4. The second-order valence-electron chi connectivity index (χ2n) is 12.5. The number of benzene rings is 5. The maximum Gasteiger partial charge on any atom is 0.164 e. The number of aromatic nitrogens is 3. The lowest BCUT2D eigenvalue weighted by Gasteiger charge is -2.29. The van der Waals surface area contributed by atoms with Crippen molar-refractivity contribution >= 4 is 0 Å². The van der Waals surface area contributed by atoms with Gasteiger partial charge in [0, 0.05) is 22.6 Å². The van der Waals surface area contributed by atoms with E-state index in [1.165, 1.54) is 22.3 Å². The Balaban J connectivity index is 1.17. The van der Waals surface area contributed by atoms with Crippen LogP contribution in [0.15, 0.2) is 152 Å². The van der Waals surface area contributed by atoms with Gasteiger partial charge in [-0.1, -0.05) is 153 Å². The maximum absolute atomic E-state index is 4.94. The topological polar surface area (TPSA) is 38.7 Å². The van der Waals surface area contributed by atoms with Crippen LogP contribution in [0.5, 0.6) is 0 Å². The van der Waals surface area contributed by atoms with Crippen LogP contribution in [0.1, 0.15) is 30.9 Å². The number of nitrogens with zero attached hydrogens (tertiary/aromatic N) is 3. The van der Waals surface area contributed by atoms with E-state index in [2.05, 4.69) is 105 Å². The third kappa shape index (κ3) is 4.91. The van der Waals surface area contributed by atoms with Crippen LogP contribution in [0.25, 0.3) is 56.4 Å². The quantitative estimate of drug-likeness (QED) is 0.204. The van der Waals surface area contributed by atoms with Crippen molar-refractivity contribution in [3.8, 4) is 56.4 Å². The summed E-state index contributed by atoms with van der Waals surface area (Å²) in [6.45, 7) is 4.78. The predicted molar refractivity (Wildman–Crippen MR) is 185 cm³/mol. The molecular formula is C42H33N3. The monoisotopic (exact) mass is 579 g/mol. The summed E-state index contributed by atoms with van der Waals surface area (Å²) in [5, 5.41) is 0. The van der Waals surface area contributed by atoms with Crippen molar-refractivity contribution in [2.75, 3.05) is 0 Å². The molecule has 45 heavy (non-hydrogen) atoms. The molecule has 1 aromatic heterocycles. The minimum absolute atomic E-state index is 0.0883. The highest BCUT2D eigenvalue weighted by Crippen LogP contribution is 2.53. The first-order valence-electron chi connectivity index (χ1n) is 15.6.